The van der Waals surface area contributed by atoms with E-state index in [-0.39, 0.29) is 0 Å². The van der Waals surface area contributed by atoms with Crippen LogP contribution in [-0.4, -0.2) is 15.8 Å². The molecule has 1 saturated carbocycles. The number of nitrogens with zero attached hydrogens (tertiary/aromatic N) is 2. The highest BCUT2D eigenvalue weighted by molar-refractivity contribution is 5.38. The van der Waals surface area contributed by atoms with Crippen LogP contribution < -0.4 is 10.1 Å². The third-order valence-electron chi connectivity index (χ3n) is 3.32. The van der Waals surface area contributed by atoms with Crippen LogP contribution in [0.15, 0.2) is 30.6 Å². The van der Waals surface area contributed by atoms with Crippen molar-refractivity contribution in [2.75, 3.05) is 0 Å². The quantitative estimate of drug-likeness (QED) is 0.895. The van der Waals surface area contributed by atoms with Crippen molar-refractivity contribution < 1.29 is 4.74 Å². The Morgan fingerprint density at radius 3 is 2.89 bits per heavy atom. The second kappa shape index (κ2) is 5.05. The van der Waals surface area contributed by atoms with E-state index >= 15 is 0 Å². The smallest absolute Gasteiger partial charge is 0.165 e. The van der Waals surface area contributed by atoms with Crippen molar-refractivity contribution in [2.45, 2.75) is 32.4 Å². The minimum Gasteiger partial charge on any atom is -0.454 e. The molecule has 0 unspecified atom stereocenters. The summed E-state index contributed by atoms with van der Waals surface area (Å²) in [6.45, 7) is 3.02. The van der Waals surface area contributed by atoms with E-state index in [1.165, 1.54) is 18.4 Å². The number of hydrogen-bond acceptors (Lipinski definition) is 3. The first-order chi connectivity index (χ1) is 9.20. The molecule has 3 rings (SSSR count). The maximum absolute atomic E-state index is 5.82. The molecule has 1 aliphatic rings. The highest BCUT2D eigenvalue weighted by Gasteiger charge is 2.19. The zero-order valence-electron chi connectivity index (χ0n) is 11.4. The molecule has 0 atom stereocenters. The van der Waals surface area contributed by atoms with Crippen molar-refractivity contribution in [3.63, 3.8) is 0 Å². The molecule has 0 spiro atoms. The van der Waals surface area contributed by atoms with Gasteiger partial charge in [0.05, 0.1) is 12.4 Å². The van der Waals surface area contributed by atoms with Gasteiger partial charge < -0.3 is 10.1 Å². The molecule has 1 aliphatic carbocycles. The van der Waals surface area contributed by atoms with Gasteiger partial charge in [0.25, 0.3) is 0 Å². The molecule has 1 heterocycles. The molecule has 4 heteroatoms. The Kier molecular flexibility index (Phi) is 3.25. The van der Waals surface area contributed by atoms with Crippen molar-refractivity contribution in [2.24, 2.45) is 7.05 Å². The summed E-state index contributed by atoms with van der Waals surface area (Å²) in [4.78, 5) is 0. The molecule has 1 N–H and O–H groups in total. The molecular formula is C15H19N3O. The van der Waals surface area contributed by atoms with Crippen molar-refractivity contribution in [3.8, 4) is 11.5 Å². The van der Waals surface area contributed by atoms with Crippen LogP contribution in [-0.2, 0) is 13.6 Å². The van der Waals surface area contributed by atoms with E-state index < -0.39 is 0 Å². The van der Waals surface area contributed by atoms with Crippen LogP contribution in [0, 0.1) is 6.92 Å². The van der Waals surface area contributed by atoms with E-state index in [9.17, 15) is 0 Å². The Bertz CT molecular complexity index is 573. The third kappa shape index (κ3) is 3.15. The molecule has 4 nitrogen and oxygen atoms in total. The number of rotatable bonds is 5. The second-order valence-corrected chi connectivity index (χ2v) is 5.21. The van der Waals surface area contributed by atoms with Gasteiger partial charge in [-0.15, -0.1) is 0 Å². The molecular weight excluding hydrogens is 238 g/mol. The summed E-state index contributed by atoms with van der Waals surface area (Å²) >= 11 is 0. The summed E-state index contributed by atoms with van der Waals surface area (Å²) in [7, 11) is 1.88. The number of aryl methyl sites for hydroxylation is 2. The Morgan fingerprint density at radius 2 is 2.26 bits per heavy atom. The van der Waals surface area contributed by atoms with Gasteiger partial charge in [-0.3, -0.25) is 4.68 Å². The Labute approximate surface area is 113 Å². The van der Waals surface area contributed by atoms with Gasteiger partial charge >= 0.3 is 0 Å². The summed E-state index contributed by atoms with van der Waals surface area (Å²) in [6.07, 6.45) is 6.23. The predicted octanol–water partition coefficient (Wildman–Crippen LogP) is 2.77. The fourth-order valence-corrected chi connectivity index (χ4v) is 2.06. The number of nitrogens with one attached hydrogen (secondary N) is 1. The fraction of sp³-hybridized carbons (Fsp3) is 0.400. The van der Waals surface area contributed by atoms with Gasteiger partial charge in [0.1, 0.15) is 5.75 Å². The molecule has 0 aliphatic heterocycles. The molecule has 0 radical (unpaired) electrons. The highest BCUT2D eigenvalue weighted by atomic mass is 16.5. The van der Waals surface area contributed by atoms with Crippen LogP contribution >= 0.6 is 0 Å². The number of aromatic nitrogens is 2. The number of benzene rings is 1. The van der Waals surface area contributed by atoms with E-state index in [1.54, 1.807) is 10.9 Å². The third-order valence-corrected chi connectivity index (χ3v) is 3.32. The number of hydrogen-bond donors (Lipinski definition) is 1. The van der Waals surface area contributed by atoms with Crippen LogP contribution in [0.25, 0.3) is 0 Å². The summed E-state index contributed by atoms with van der Waals surface area (Å²) < 4.78 is 7.55. The van der Waals surface area contributed by atoms with Gasteiger partial charge in [0, 0.05) is 19.6 Å². The summed E-state index contributed by atoms with van der Waals surface area (Å²) in [5.74, 6) is 1.66. The first kappa shape index (κ1) is 12.2. The number of ether oxygens (including phenoxy) is 1. The minimum absolute atomic E-state index is 0.742. The summed E-state index contributed by atoms with van der Waals surface area (Å²) in [5.41, 5.74) is 2.46. The van der Waals surface area contributed by atoms with Crippen molar-refractivity contribution in [1.82, 2.24) is 15.1 Å². The van der Waals surface area contributed by atoms with Crippen LogP contribution in [0.3, 0.4) is 0 Å². The predicted molar refractivity (Wildman–Crippen MR) is 74.3 cm³/mol. The molecule has 1 aromatic heterocycles. The zero-order chi connectivity index (χ0) is 13.2. The fourth-order valence-electron chi connectivity index (χ4n) is 2.06. The van der Waals surface area contributed by atoms with E-state index in [2.05, 4.69) is 29.5 Å². The average Bonchev–Trinajstić information content (AvgIpc) is 3.13. The van der Waals surface area contributed by atoms with E-state index in [0.717, 1.165) is 29.6 Å². The highest BCUT2D eigenvalue weighted by Crippen LogP contribution is 2.26. The van der Waals surface area contributed by atoms with Crippen molar-refractivity contribution in [1.29, 1.82) is 0 Å². The van der Waals surface area contributed by atoms with Crippen molar-refractivity contribution in [3.05, 3.63) is 41.7 Å². The van der Waals surface area contributed by atoms with E-state index in [0.29, 0.717) is 0 Å². The van der Waals surface area contributed by atoms with Crippen molar-refractivity contribution >= 4 is 0 Å². The lowest BCUT2D eigenvalue weighted by Gasteiger charge is -2.09. The molecule has 1 fully saturated rings. The average molecular weight is 257 g/mol. The van der Waals surface area contributed by atoms with Gasteiger partial charge in [0.15, 0.2) is 5.75 Å². The van der Waals surface area contributed by atoms with Gasteiger partial charge in [-0.2, -0.15) is 5.10 Å². The van der Waals surface area contributed by atoms with Gasteiger partial charge in [0.2, 0.25) is 0 Å². The summed E-state index contributed by atoms with van der Waals surface area (Å²) in [5, 5.41) is 7.62. The molecule has 2 aromatic rings. The van der Waals surface area contributed by atoms with E-state index in [4.69, 9.17) is 4.74 Å². The largest absolute Gasteiger partial charge is 0.454 e. The second-order valence-electron chi connectivity index (χ2n) is 5.21. The molecule has 0 amide bonds. The Morgan fingerprint density at radius 1 is 1.42 bits per heavy atom. The van der Waals surface area contributed by atoms with Crippen LogP contribution in [0.4, 0.5) is 0 Å². The molecule has 19 heavy (non-hydrogen) atoms. The standard InChI is InChI=1S/C15H19N3O/c1-11-7-12(8-16-13-4-5-13)3-6-15(11)19-14-9-17-18(2)10-14/h3,6-7,9-10,13,16H,4-5,8H2,1-2H3. The normalized spacial score (nSPS) is 14.6. The van der Waals surface area contributed by atoms with Crippen LogP contribution in [0.2, 0.25) is 0 Å². The maximum atomic E-state index is 5.82. The van der Waals surface area contributed by atoms with Gasteiger partial charge in [-0.05, 0) is 37.0 Å². The van der Waals surface area contributed by atoms with Gasteiger partial charge in [-0.25, -0.2) is 0 Å². The molecule has 0 bridgehead atoms. The first-order valence-corrected chi connectivity index (χ1v) is 6.70. The Hall–Kier alpha value is -1.81. The molecule has 0 saturated heterocycles. The lowest BCUT2D eigenvalue weighted by atomic mass is 10.1. The lowest BCUT2D eigenvalue weighted by Crippen LogP contribution is -2.15. The zero-order valence-corrected chi connectivity index (χ0v) is 11.4. The molecule has 100 valence electrons. The topological polar surface area (TPSA) is 39.1 Å². The molecule has 1 aromatic carbocycles. The van der Waals surface area contributed by atoms with E-state index in [1.807, 2.05) is 19.3 Å². The monoisotopic (exact) mass is 257 g/mol. The Balaban J connectivity index is 1.67. The van der Waals surface area contributed by atoms with Crippen LogP contribution in [0.5, 0.6) is 11.5 Å². The first-order valence-electron chi connectivity index (χ1n) is 6.70. The minimum atomic E-state index is 0.742. The summed E-state index contributed by atoms with van der Waals surface area (Å²) in [6, 6.07) is 7.08. The van der Waals surface area contributed by atoms with Crippen LogP contribution in [0.1, 0.15) is 24.0 Å². The van der Waals surface area contributed by atoms with Gasteiger partial charge in [-0.1, -0.05) is 12.1 Å². The SMILES string of the molecule is Cc1cc(CNC2CC2)ccc1Oc1cnn(C)c1. The lowest BCUT2D eigenvalue weighted by molar-refractivity contribution is 0.478. The maximum Gasteiger partial charge on any atom is 0.165 e.